The van der Waals surface area contributed by atoms with Crippen molar-refractivity contribution in [2.75, 3.05) is 57.5 Å². The van der Waals surface area contributed by atoms with Gasteiger partial charge >= 0.3 is 6.03 Å². The molecule has 2 fully saturated rings. The summed E-state index contributed by atoms with van der Waals surface area (Å²) in [5, 5.41) is 0. The minimum atomic E-state index is -0.122. The Hall–Kier alpha value is -4.24. The molecule has 6 rings (SSSR count). The van der Waals surface area contributed by atoms with Crippen LogP contribution in [0.4, 0.5) is 10.5 Å². The third kappa shape index (κ3) is 6.25. The second kappa shape index (κ2) is 12.1. The normalized spacial score (nSPS) is 17.2. The van der Waals surface area contributed by atoms with Crippen molar-refractivity contribution in [1.82, 2.24) is 14.7 Å². The number of piperazine rings is 1. The summed E-state index contributed by atoms with van der Waals surface area (Å²) in [6, 6.07) is 21.8. The number of hydrogen-bond donors (Lipinski definition) is 0. The number of carbonyl (C=O) groups is 2. The summed E-state index contributed by atoms with van der Waals surface area (Å²) in [5.41, 5.74) is 4.07. The van der Waals surface area contributed by atoms with Gasteiger partial charge < -0.3 is 24.0 Å². The third-order valence-corrected chi connectivity index (χ3v) is 7.91. The average molecular weight is 557 g/mol. The number of nitrogens with zero attached hydrogens (tertiary/aromatic N) is 4. The van der Waals surface area contributed by atoms with Gasteiger partial charge in [0.05, 0.1) is 0 Å². The summed E-state index contributed by atoms with van der Waals surface area (Å²) in [4.78, 5) is 34.3. The standard InChI is InChI=1S/C32H36N4O5/c1-24-18-27(9-11-28(24)39-22-25-6-3-2-4-7-25)36-13-5-12-35(32(36)38)21-31(37)34-16-14-33(15-17-34)20-26-8-10-29-30(19-26)41-23-40-29/h2-4,6-11,18-19H,5,12-17,20-23H2,1H3. The van der Waals surface area contributed by atoms with Gasteiger partial charge in [-0.1, -0.05) is 36.4 Å². The van der Waals surface area contributed by atoms with Crippen LogP contribution in [0.1, 0.15) is 23.1 Å². The van der Waals surface area contributed by atoms with Gasteiger partial charge in [0.1, 0.15) is 18.9 Å². The SMILES string of the molecule is Cc1cc(N2CCCN(CC(=O)N3CCN(Cc4ccc5c(c4)OCO5)CC3)C2=O)ccc1OCc1ccccc1. The molecule has 0 spiro atoms. The van der Waals surface area contributed by atoms with E-state index in [1.807, 2.05) is 72.5 Å². The molecule has 0 saturated carbocycles. The van der Waals surface area contributed by atoms with E-state index in [-0.39, 0.29) is 25.3 Å². The molecule has 9 nitrogen and oxygen atoms in total. The summed E-state index contributed by atoms with van der Waals surface area (Å²) in [5.74, 6) is 2.38. The van der Waals surface area contributed by atoms with Crippen molar-refractivity contribution in [2.24, 2.45) is 0 Å². The number of amides is 3. The highest BCUT2D eigenvalue weighted by atomic mass is 16.7. The highest BCUT2D eigenvalue weighted by molar-refractivity contribution is 5.95. The van der Waals surface area contributed by atoms with Crippen LogP contribution in [0.5, 0.6) is 17.2 Å². The van der Waals surface area contributed by atoms with Crippen LogP contribution in [0.2, 0.25) is 0 Å². The Bertz CT molecular complexity index is 1390. The van der Waals surface area contributed by atoms with E-state index in [1.165, 1.54) is 5.56 Å². The first-order valence-corrected chi connectivity index (χ1v) is 14.3. The molecule has 214 valence electrons. The Kier molecular flexibility index (Phi) is 7.95. The Labute approximate surface area is 240 Å². The van der Waals surface area contributed by atoms with Gasteiger partial charge in [0.25, 0.3) is 0 Å². The van der Waals surface area contributed by atoms with Crippen LogP contribution in [-0.2, 0) is 17.9 Å². The lowest BCUT2D eigenvalue weighted by atomic mass is 10.1. The molecule has 0 radical (unpaired) electrons. The zero-order valence-electron chi connectivity index (χ0n) is 23.5. The van der Waals surface area contributed by atoms with E-state index in [4.69, 9.17) is 14.2 Å². The zero-order valence-corrected chi connectivity index (χ0v) is 23.5. The Morgan fingerprint density at radius 3 is 2.46 bits per heavy atom. The maximum Gasteiger partial charge on any atom is 0.324 e. The van der Waals surface area contributed by atoms with E-state index in [9.17, 15) is 9.59 Å². The van der Waals surface area contributed by atoms with Gasteiger partial charge in [-0.3, -0.25) is 14.6 Å². The fourth-order valence-electron chi connectivity index (χ4n) is 5.58. The van der Waals surface area contributed by atoms with E-state index in [0.717, 1.165) is 60.1 Å². The summed E-state index contributed by atoms with van der Waals surface area (Å²) in [6.45, 7) is 7.76. The van der Waals surface area contributed by atoms with E-state index in [2.05, 4.69) is 11.0 Å². The fourth-order valence-corrected chi connectivity index (χ4v) is 5.58. The fraction of sp³-hybridized carbons (Fsp3) is 0.375. The second-order valence-electron chi connectivity index (χ2n) is 10.8. The lowest BCUT2D eigenvalue weighted by Crippen LogP contribution is -2.55. The number of fused-ring (bicyclic) bond motifs is 1. The third-order valence-electron chi connectivity index (χ3n) is 7.91. The van der Waals surface area contributed by atoms with Crippen molar-refractivity contribution in [3.63, 3.8) is 0 Å². The van der Waals surface area contributed by atoms with Gasteiger partial charge in [0.2, 0.25) is 12.7 Å². The van der Waals surface area contributed by atoms with Crippen molar-refractivity contribution < 1.29 is 23.8 Å². The molecule has 3 aromatic carbocycles. The molecule has 3 aliphatic rings. The molecule has 0 N–H and O–H groups in total. The smallest absolute Gasteiger partial charge is 0.324 e. The number of urea groups is 1. The van der Waals surface area contributed by atoms with E-state index < -0.39 is 0 Å². The largest absolute Gasteiger partial charge is 0.489 e. The number of anilines is 1. The molecule has 3 amide bonds. The number of carbonyl (C=O) groups excluding carboxylic acids is 2. The maximum atomic E-state index is 13.4. The molecular weight excluding hydrogens is 520 g/mol. The zero-order chi connectivity index (χ0) is 28.2. The predicted molar refractivity (Wildman–Crippen MR) is 155 cm³/mol. The van der Waals surface area contributed by atoms with Gasteiger partial charge in [-0.2, -0.15) is 0 Å². The lowest BCUT2D eigenvalue weighted by Gasteiger charge is -2.38. The Balaban J connectivity index is 1.00. The molecule has 41 heavy (non-hydrogen) atoms. The van der Waals surface area contributed by atoms with Gasteiger partial charge in [-0.25, -0.2) is 4.79 Å². The van der Waals surface area contributed by atoms with Crippen molar-refractivity contribution in [3.05, 3.63) is 83.4 Å². The van der Waals surface area contributed by atoms with Gasteiger partial charge in [0.15, 0.2) is 11.5 Å². The number of benzene rings is 3. The van der Waals surface area contributed by atoms with E-state index in [0.29, 0.717) is 32.8 Å². The lowest BCUT2D eigenvalue weighted by molar-refractivity contribution is -0.133. The minimum absolute atomic E-state index is 0.00349. The molecular formula is C32H36N4O5. The van der Waals surface area contributed by atoms with Crippen LogP contribution in [0.3, 0.4) is 0 Å². The quantitative estimate of drug-likeness (QED) is 0.413. The molecule has 3 heterocycles. The predicted octanol–water partition coefficient (Wildman–Crippen LogP) is 4.28. The van der Waals surface area contributed by atoms with Crippen molar-refractivity contribution in [2.45, 2.75) is 26.5 Å². The Morgan fingerprint density at radius 2 is 1.66 bits per heavy atom. The van der Waals surface area contributed by atoms with Crippen LogP contribution < -0.4 is 19.1 Å². The van der Waals surface area contributed by atoms with Crippen LogP contribution in [0.25, 0.3) is 0 Å². The van der Waals surface area contributed by atoms with Gasteiger partial charge in [-0.05, 0) is 60.4 Å². The van der Waals surface area contributed by atoms with Crippen molar-refractivity contribution in [1.29, 1.82) is 0 Å². The molecule has 0 unspecified atom stereocenters. The monoisotopic (exact) mass is 556 g/mol. The topological polar surface area (TPSA) is 74.8 Å². The van der Waals surface area contributed by atoms with Crippen molar-refractivity contribution >= 4 is 17.6 Å². The molecule has 0 bridgehead atoms. The molecule has 2 saturated heterocycles. The van der Waals surface area contributed by atoms with Crippen LogP contribution in [0, 0.1) is 6.92 Å². The first kappa shape index (κ1) is 27.0. The van der Waals surface area contributed by atoms with Crippen LogP contribution in [-0.4, -0.2) is 79.2 Å². The van der Waals surface area contributed by atoms with Crippen LogP contribution >= 0.6 is 0 Å². The highest BCUT2D eigenvalue weighted by Crippen LogP contribution is 2.33. The number of rotatable bonds is 8. The maximum absolute atomic E-state index is 13.4. The number of ether oxygens (including phenoxy) is 3. The first-order valence-electron chi connectivity index (χ1n) is 14.3. The van der Waals surface area contributed by atoms with Gasteiger partial charge in [0, 0.05) is 51.5 Å². The summed E-state index contributed by atoms with van der Waals surface area (Å²) in [6.07, 6.45) is 0.813. The van der Waals surface area contributed by atoms with E-state index in [1.54, 1.807) is 9.80 Å². The number of hydrogen-bond acceptors (Lipinski definition) is 6. The molecule has 3 aromatic rings. The van der Waals surface area contributed by atoms with E-state index >= 15 is 0 Å². The molecule has 0 aliphatic carbocycles. The minimum Gasteiger partial charge on any atom is -0.489 e. The molecule has 3 aliphatic heterocycles. The second-order valence-corrected chi connectivity index (χ2v) is 10.8. The molecule has 9 heteroatoms. The van der Waals surface area contributed by atoms with Crippen molar-refractivity contribution in [3.8, 4) is 17.2 Å². The summed E-state index contributed by atoms with van der Waals surface area (Å²) in [7, 11) is 0. The highest BCUT2D eigenvalue weighted by Gasteiger charge is 2.31. The molecule has 0 atom stereocenters. The molecule has 0 aromatic heterocycles. The first-order chi connectivity index (χ1) is 20.0. The average Bonchev–Trinajstić information content (AvgIpc) is 3.46. The van der Waals surface area contributed by atoms with Gasteiger partial charge in [-0.15, -0.1) is 0 Å². The summed E-state index contributed by atoms with van der Waals surface area (Å²) >= 11 is 0. The summed E-state index contributed by atoms with van der Waals surface area (Å²) < 4.78 is 16.9. The van der Waals surface area contributed by atoms with Crippen LogP contribution in [0.15, 0.2) is 66.7 Å². The number of aryl methyl sites for hydroxylation is 1. The Morgan fingerprint density at radius 1 is 0.854 bits per heavy atom.